The molecule has 2 fully saturated rings. The molecule has 5 rings (SSSR count). The maximum Gasteiger partial charge on any atom is 0.137 e. The van der Waals surface area contributed by atoms with Crippen molar-refractivity contribution in [1.29, 1.82) is 0 Å². The third-order valence-corrected chi connectivity index (χ3v) is 7.34. The first-order chi connectivity index (χ1) is 16.5. The first kappa shape index (κ1) is 22.9. The number of piperazine rings is 1. The molecule has 3 aromatic rings. The van der Waals surface area contributed by atoms with Crippen LogP contribution in [0.5, 0.6) is 5.75 Å². The van der Waals surface area contributed by atoms with Crippen LogP contribution in [-0.2, 0) is 13.1 Å². The smallest absolute Gasteiger partial charge is 0.137 e. The van der Waals surface area contributed by atoms with E-state index in [1.54, 1.807) is 7.11 Å². The van der Waals surface area contributed by atoms with Crippen LogP contribution in [0.25, 0.3) is 5.69 Å². The summed E-state index contributed by atoms with van der Waals surface area (Å²) in [6, 6.07) is 17.7. The molecule has 0 radical (unpaired) electrons. The van der Waals surface area contributed by atoms with Gasteiger partial charge < -0.3 is 14.5 Å². The maximum atomic E-state index is 5.39. The van der Waals surface area contributed by atoms with E-state index < -0.39 is 0 Å². The zero-order valence-electron chi connectivity index (χ0n) is 21.0. The van der Waals surface area contributed by atoms with Crippen molar-refractivity contribution in [3.05, 3.63) is 70.9 Å². The van der Waals surface area contributed by atoms with Gasteiger partial charge in [0, 0.05) is 50.9 Å². The molecule has 1 aliphatic carbocycles. The summed E-state index contributed by atoms with van der Waals surface area (Å²) in [7, 11) is 3.92. The van der Waals surface area contributed by atoms with Crippen LogP contribution in [0.1, 0.15) is 35.2 Å². The van der Waals surface area contributed by atoms with Crippen molar-refractivity contribution in [2.24, 2.45) is 0 Å². The van der Waals surface area contributed by atoms with E-state index in [-0.39, 0.29) is 0 Å². The zero-order chi connectivity index (χ0) is 23.7. The maximum absolute atomic E-state index is 5.39. The highest BCUT2D eigenvalue weighted by molar-refractivity contribution is 5.56. The highest BCUT2D eigenvalue weighted by atomic mass is 16.5. The average molecular weight is 460 g/mol. The second-order valence-electron chi connectivity index (χ2n) is 9.85. The Hall–Kier alpha value is -2.83. The first-order valence-corrected chi connectivity index (χ1v) is 12.5. The summed E-state index contributed by atoms with van der Waals surface area (Å²) >= 11 is 0. The molecule has 1 saturated carbocycles. The van der Waals surface area contributed by atoms with Crippen molar-refractivity contribution in [1.82, 2.24) is 19.6 Å². The topological polar surface area (TPSA) is 36.8 Å². The van der Waals surface area contributed by atoms with Gasteiger partial charge in [-0.05, 0) is 69.1 Å². The summed E-state index contributed by atoms with van der Waals surface area (Å²) < 4.78 is 7.55. The number of hydrogen-bond donors (Lipinski definition) is 0. The van der Waals surface area contributed by atoms with Crippen molar-refractivity contribution in [2.75, 3.05) is 45.2 Å². The molecular formula is C28H37N5O. The van der Waals surface area contributed by atoms with Crippen LogP contribution in [-0.4, -0.2) is 66.0 Å². The highest BCUT2D eigenvalue weighted by Crippen LogP contribution is 2.35. The molecule has 0 amide bonds. The monoisotopic (exact) mass is 459 g/mol. The van der Waals surface area contributed by atoms with E-state index >= 15 is 0 Å². The molecule has 0 atom stereocenters. The minimum atomic E-state index is 0.670. The van der Waals surface area contributed by atoms with E-state index in [1.165, 1.54) is 35.3 Å². The quantitative estimate of drug-likeness (QED) is 0.499. The van der Waals surface area contributed by atoms with Crippen molar-refractivity contribution in [3.63, 3.8) is 0 Å². The van der Waals surface area contributed by atoms with Gasteiger partial charge in [-0.1, -0.05) is 24.3 Å². The minimum absolute atomic E-state index is 0.670. The zero-order valence-corrected chi connectivity index (χ0v) is 21.0. The molecule has 180 valence electrons. The van der Waals surface area contributed by atoms with Gasteiger partial charge in [-0.25, -0.2) is 4.68 Å². The standard InChI is InChI=1S/C28H37N5O/c1-21-7-5-6-8-23(21)19-32(24-9-10-24)20-27-22(2)29-33(25-11-13-26(34-4)14-12-25)28(27)31-17-15-30(3)16-18-31/h5-8,11-14,24H,9-10,15-20H2,1-4H3. The number of aromatic nitrogens is 2. The molecule has 1 aromatic heterocycles. The van der Waals surface area contributed by atoms with E-state index in [9.17, 15) is 0 Å². The Morgan fingerprint density at radius 2 is 1.65 bits per heavy atom. The van der Waals surface area contributed by atoms with Gasteiger partial charge >= 0.3 is 0 Å². The van der Waals surface area contributed by atoms with Crippen molar-refractivity contribution in [3.8, 4) is 11.4 Å². The summed E-state index contributed by atoms with van der Waals surface area (Å²) in [5.74, 6) is 2.12. The largest absolute Gasteiger partial charge is 0.497 e. The lowest BCUT2D eigenvalue weighted by Gasteiger charge is -2.35. The SMILES string of the molecule is COc1ccc(-n2nc(C)c(CN(Cc3ccccc3C)C3CC3)c2N2CCN(C)CC2)cc1. The Bertz CT molecular complexity index is 1110. The van der Waals surface area contributed by atoms with Gasteiger partial charge in [-0.2, -0.15) is 5.10 Å². The van der Waals surface area contributed by atoms with Crippen molar-refractivity contribution in [2.45, 2.75) is 45.8 Å². The van der Waals surface area contributed by atoms with E-state index in [0.29, 0.717) is 6.04 Å². The second kappa shape index (κ2) is 9.80. The summed E-state index contributed by atoms with van der Waals surface area (Å²) in [6.07, 6.45) is 2.59. The van der Waals surface area contributed by atoms with Crippen molar-refractivity contribution >= 4 is 5.82 Å². The van der Waals surface area contributed by atoms with Gasteiger partial charge in [0.25, 0.3) is 0 Å². The van der Waals surface area contributed by atoms with Gasteiger partial charge in [0.15, 0.2) is 0 Å². The van der Waals surface area contributed by atoms with Crippen LogP contribution in [0.4, 0.5) is 5.82 Å². The molecule has 2 heterocycles. The number of likely N-dealkylation sites (N-methyl/N-ethyl adjacent to an activating group) is 1. The third kappa shape index (κ3) is 4.84. The molecule has 2 aromatic carbocycles. The minimum Gasteiger partial charge on any atom is -0.497 e. The van der Waals surface area contributed by atoms with Gasteiger partial charge in [-0.15, -0.1) is 0 Å². The summed E-state index contributed by atoms with van der Waals surface area (Å²) in [5.41, 5.74) is 6.37. The average Bonchev–Trinajstić information content (AvgIpc) is 3.65. The molecule has 0 bridgehead atoms. The lowest BCUT2D eigenvalue weighted by atomic mass is 10.1. The summed E-state index contributed by atoms with van der Waals surface area (Å²) in [6.45, 7) is 10.5. The second-order valence-corrected chi connectivity index (χ2v) is 9.85. The fraction of sp³-hybridized carbons (Fsp3) is 0.464. The fourth-order valence-electron chi connectivity index (χ4n) is 4.94. The van der Waals surface area contributed by atoms with Crippen molar-refractivity contribution < 1.29 is 4.74 Å². The Morgan fingerprint density at radius 1 is 0.941 bits per heavy atom. The molecule has 0 N–H and O–H groups in total. The van der Waals surface area contributed by atoms with Crippen LogP contribution < -0.4 is 9.64 Å². The number of rotatable bonds is 8. The van der Waals surface area contributed by atoms with Crippen LogP contribution in [0.3, 0.4) is 0 Å². The van der Waals surface area contributed by atoms with E-state index in [1.807, 2.05) is 12.1 Å². The Morgan fingerprint density at radius 3 is 2.29 bits per heavy atom. The number of benzene rings is 2. The normalized spacial score (nSPS) is 16.9. The molecule has 1 aliphatic heterocycles. The molecule has 6 heteroatoms. The fourth-order valence-corrected chi connectivity index (χ4v) is 4.94. The highest BCUT2D eigenvalue weighted by Gasteiger charge is 2.32. The molecule has 1 saturated heterocycles. The Labute approximate surface area is 203 Å². The third-order valence-electron chi connectivity index (χ3n) is 7.34. The lowest BCUT2D eigenvalue weighted by Crippen LogP contribution is -2.45. The van der Waals surface area contributed by atoms with Gasteiger partial charge in [0.05, 0.1) is 18.5 Å². The Kier molecular flexibility index (Phi) is 6.61. The molecule has 0 spiro atoms. The molecular weight excluding hydrogens is 422 g/mol. The predicted octanol–water partition coefficient (Wildman–Crippen LogP) is 4.41. The van der Waals surface area contributed by atoms with Gasteiger partial charge in [-0.3, -0.25) is 4.90 Å². The first-order valence-electron chi connectivity index (χ1n) is 12.5. The number of nitrogens with zero attached hydrogens (tertiary/aromatic N) is 5. The molecule has 6 nitrogen and oxygen atoms in total. The number of ether oxygens (including phenoxy) is 1. The van der Waals surface area contributed by atoms with E-state index in [4.69, 9.17) is 9.84 Å². The molecule has 0 unspecified atom stereocenters. The number of methoxy groups -OCH3 is 1. The van der Waals surface area contributed by atoms with E-state index in [0.717, 1.165) is 56.4 Å². The number of aryl methyl sites for hydroxylation is 2. The molecule has 34 heavy (non-hydrogen) atoms. The number of hydrogen-bond acceptors (Lipinski definition) is 5. The number of anilines is 1. The summed E-state index contributed by atoms with van der Waals surface area (Å²) in [5, 5.41) is 5.08. The van der Waals surface area contributed by atoms with Crippen LogP contribution >= 0.6 is 0 Å². The van der Waals surface area contributed by atoms with Gasteiger partial charge in [0.1, 0.15) is 11.6 Å². The van der Waals surface area contributed by atoms with Crippen LogP contribution in [0, 0.1) is 13.8 Å². The van der Waals surface area contributed by atoms with E-state index in [2.05, 4.69) is 76.7 Å². The molecule has 2 aliphatic rings. The Balaban J connectivity index is 1.51. The lowest BCUT2D eigenvalue weighted by molar-refractivity contribution is 0.244. The summed E-state index contributed by atoms with van der Waals surface area (Å²) in [4.78, 5) is 7.62. The predicted molar refractivity (Wildman–Crippen MR) is 138 cm³/mol. The van der Waals surface area contributed by atoms with Gasteiger partial charge in [0.2, 0.25) is 0 Å². The van der Waals surface area contributed by atoms with Crippen LogP contribution in [0.2, 0.25) is 0 Å². The van der Waals surface area contributed by atoms with Crippen LogP contribution in [0.15, 0.2) is 48.5 Å².